The molecule has 0 saturated carbocycles. The Morgan fingerprint density at radius 2 is 1.90 bits per heavy atom. The second-order valence-electron chi connectivity index (χ2n) is 4.77. The lowest BCUT2D eigenvalue weighted by molar-refractivity contribution is 0.103. The quantitative estimate of drug-likeness (QED) is 0.891. The van der Waals surface area contributed by atoms with Gasteiger partial charge < -0.3 is 10.2 Å². The Labute approximate surface area is 130 Å². The van der Waals surface area contributed by atoms with Crippen LogP contribution < -0.4 is 10.2 Å². The van der Waals surface area contributed by atoms with E-state index in [-0.39, 0.29) is 5.91 Å². The van der Waals surface area contributed by atoms with Crippen molar-refractivity contribution in [2.24, 2.45) is 0 Å². The van der Waals surface area contributed by atoms with E-state index < -0.39 is 0 Å². The second kappa shape index (κ2) is 5.97. The lowest BCUT2D eigenvalue weighted by atomic mass is 10.2. The number of nitrogens with one attached hydrogen (secondary N) is 1. The number of amides is 1. The summed E-state index contributed by atoms with van der Waals surface area (Å²) in [5, 5.41) is 3.03. The summed E-state index contributed by atoms with van der Waals surface area (Å²) in [4.78, 5) is 15.3. The van der Waals surface area contributed by atoms with Crippen molar-refractivity contribution in [3.63, 3.8) is 0 Å². The van der Waals surface area contributed by atoms with Crippen molar-refractivity contribution >= 4 is 44.5 Å². The first kappa shape index (κ1) is 13.6. The molecule has 0 spiro atoms. The van der Waals surface area contributed by atoms with Crippen LogP contribution in [-0.4, -0.2) is 19.0 Å². The summed E-state index contributed by atoms with van der Waals surface area (Å²) in [5.41, 5.74) is 2.01. The van der Waals surface area contributed by atoms with Crippen molar-refractivity contribution < 1.29 is 4.79 Å². The fourth-order valence-electron chi connectivity index (χ4n) is 2.43. The largest absolute Gasteiger partial charge is 0.370 e. The standard InChI is InChI=1S/C15H15BrN2OS/c16-14-8-7-13(20-14)15(19)17-11-5-1-2-6-12(11)18-9-3-4-10-18/h1-2,5-8H,3-4,9-10H2,(H,17,19). The number of benzene rings is 1. The minimum Gasteiger partial charge on any atom is -0.370 e. The van der Waals surface area contributed by atoms with Crippen LogP contribution in [0.15, 0.2) is 40.2 Å². The zero-order valence-electron chi connectivity index (χ0n) is 10.9. The van der Waals surface area contributed by atoms with E-state index in [1.165, 1.54) is 24.2 Å². The highest BCUT2D eigenvalue weighted by Gasteiger charge is 2.17. The van der Waals surface area contributed by atoms with Gasteiger partial charge in [-0.05, 0) is 53.0 Å². The van der Waals surface area contributed by atoms with Crippen LogP contribution in [0.4, 0.5) is 11.4 Å². The number of nitrogens with zero attached hydrogens (tertiary/aromatic N) is 1. The Hall–Kier alpha value is -1.33. The molecule has 20 heavy (non-hydrogen) atoms. The van der Waals surface area contributed by atoms with Gasteiger partial charge in [0.1, 0.15) is 0 Å². The lowest BCUT2D eigenvalue weighted by Gasteiger charge is -2.21. The van der Waals surface area contributed by atoms with Crippen LogP contribution in [0.2, 0.25) is 0 Å². The topological polar surface area (TPSA) is 32.3 Å². The Balaban J connectivity index is 1.81. The maximum atomic E-state index is 12.3. The Kier molecular flexibility index (Phi) is 4.08. The van der Waals surface area contributed by atoms with E-state index in [0.717, 1.165) is 28.3 Å². The summed E-state index contributed by atoms with van der Waals surface area (Å²) in [6.07, 6.45) is 2.44. The number of rotatable bonds is 3. The predicted molar refractivity (Wildman–Crippen MR) is 87.9 cm³/mol. The number of para-hydroxylation sites is 2. The van der Waals surface area contributed by atoms with Crippen LogP contribution in [0.5, 0.6) is 0 Å². The zero-order valence-corrected chi connectivity index (χ0v) is 13.3. The molecule has 1 aromatic heterocycles. The maximum Gasteiger partial charge on any atom is 0.265 e. The Morgan fingerprint density at radius 3 is 2.60 bits per heavy atom. The molecule has 2 aromatic rings. The molecule has 0 bridgehead atoms. The summed E-state index contributed by atoms with van der Waals surface area (Å²) in [6.45, 7) is 2.13. The number of hydrogen-bond acceptors (Lipinski definition) is 3. The van der Waals surface area contributed by atoms with Crippen LogP contribution in [0.3, 0.4) is 0 Å². The van der Waals surface area contributed by atoms with Gasteiger partial charge in [-0.25, -0.2) is 0 Å². The molecule has 1 aromatic carbocycles. The van der Waals surface area contributed by atoms with Crippen molar-refractivity contribution in [1.82, 2.24) is 0 Å². The summed E-state index contributed by atoms with van der Waals surface area (Å²) < 4.78 is 0.968. The summed E-state index contributed by atoms with van der Waals surface area (Å²) in [7, 11) is 0. The first-order valence-corrected chi connectivity index (χ1v) is 8.25. The van der Waals surface area contributed by atoms with Crippen LogP contribution in [0.1, 0.15) is 22.5 Å². The number of hydrogen-bond donors (Lipinski definition) is 1. The van der Waals surface area contributed by atoms with E-state index in [1.807, 2.05) is 30.3 Å². The fraction of sp³-hybridized carbons (Fsp3) is 0.267. The molecule has 1 aliphatic heterocycles. The summed E-state index contributed by atoms with van der Waals surface area (Å²) in [5.74, 6) is -0.0488. The van der Waals surface area contributed by atoms with Gasteiger partial charge >= 0.3 is 0 Å². The molecule has 104 valence electrons. The fourth-order valence-corrected chi connectivity index (χ4v) is 3.71. The Bertz CT molecular complexity index is 620. The first-order chi connectivity index (χ1) is 9.74. The highest BCUT2D eigenvalue weighted by atomic mass is 79.9. The van der Waals surface area contributed by atoms with Crippen molar-refractivity contribution in [1.29, 1.82) is 0 Å². The second-order valence-corrected chi connectivity index (χ2v) is 7.23. The predicted octanol–water partition coefficient (Wildman–Crippen LogP) is 4.36. The van der Waals surface area contributed by atoms with Gasteiger partial charge in [-0.1, -0.05) is 12.1 Å². The summed E-state index contributed by atoms with van der Waals surface area (Å²) in [6, 6.07) is 11.7. The van der Waals surface area contributed by atoms with E-state index in [1.54, 1.807) is 0 Å². The van der Waals surface area contributed by atoms with Gasteiger partial charge in [0.2, 0.25) is 0 Å². The van der Waals surface area contributed by atoms with Crippen LogP contribution in [-0.2, 0) is 0 Å². The maximum absolute atomic E-state index is 12.3. The average molecular weight is 351 g/mol. The third kappa shape index (κ3) is 2.88. The molecule has 0 unspecified atom stereocenters. The molecule has 1 saturated heterocycles. The number of halogens is 1. The van der Waals surface area contributed by atoms with Crippen LogP contribution in [0, 0.1) is 0 Å². The van der Waals surface area contributed by atoms with Crippen molar-refractivity contribution in [3.05, 3.63) is 45.1 Å². The van der Waals surface area contributed by atoms with E-state index in [2.05, 4.69) is 32.2 Å². The number of thiophene rings is 1. The third-order valence-corrected chi connectivity index (χ3v) is 5.02. The van der Waals surface area contributed by atoms with Gasteiger partial charge in [-0.2, -0.15) is 0 Å². The Morgan fingerprint density at radius 1 is 1.15 bits per heavy atom. The van der Waals surface area contributed by atoms with Crippen LogP contribution in [0.25, 0.3) is 0 Å². The van der Waals surface area contributed by atoms with Gasteiger partial charge in [-0.3, -0.25) is 4.79 Å². The van der Waals surface area contributed by atoms with E-state index in [0.29, 0.717) is 4.88 Å². The minimum absolute atomic E-state index is 0.0488. The van der Waals surface area contributed by atoms with Gasteiger partial charge in [0, 0.05) is 13.1 Å². The smallest absolute Gasteiger partial charge is 0.265 e. The van der Waals surface area contributed by atoms with E-state index >= 15 is 0 Å². The zero-order chi connectivity index (χ0) is 13.9. The van der Waals surface area contributed by atoms with Crippen molar-refractivity contribution in [2.45, 2.75) is 12.8 Å². The molecule has 1 N–H and O–H groups in total. The van der Waals surface area contributed by atoms with Gasteiger partial charge in [0.15, 0.2) is 0 Å². The van der Waals surface area contributed by atoms with E-state index in [9.17, 15) is 4.79 Å². The molecule has 1 aliphatic rings. The van der Waals surface area contributed by atoms with E-state index in [4.69, 9.17) is 0 Å². The normalized spacial score (nSPS) is 14.6. The van der Waals surface area contributed by atoms with Gasteiger partial charge in [0.25, 0.3) is 5.91 Å². The first-order valence-electron chi connectivity index (χ1n) is 6.65. The molecular formula is C15H15BrN2OS. The van der Waals surface area contributed by atoms with Gasteiger partial charge in [-0.15, -0.1) is 11.3 Å². The molecule has 1 fully saturated rings. The molecule has 2 heterocycles. The molecule has 1 amide bonds. The number of anilines is 2. The molecule has 0 aliphatic carbocycles. The van der Waals surface area contributed by atoms with Crippen LogP contribution >= 0.6 is 27.3 Å². The highest BCUT2D eigenvalue weighted by Crippen LogP contribution is 2.30. The molecule has 0 radical (unpaired) electrons. The van der Waals surface area contributed by atoms with Gasteiger partial charge in [0.05, 0.1) is 20.0 Å². The molecule has 3 nitrogen and oxygen atoms in total. The molecule has 5 heteroatoms. The highest BCUT2D eigenvalue weighted by molar-refractivity contribution is 9.11. The monoisotopic (exact) mass is 350 g/mol. The SMILES string of the molecule is O=C(Nc1ccccc1N1CCCC1)c1ccc(Br)s1. The number of carbonyl (C=O) groups is 1. The molecular weight excluding hydrogens is 336 g/mol. The minimum atomic E-state index is -0.0488. The number of carbonyl (C=O) groups excluding carboxylic acids is 1. The lowest BCUT2D eigenvalue weighted by Crippen LogP contribution is -2.20. The molecule has 3 rings (SSSR count). The molecule has 0 atom stereocenters. The summed E-state index contributed by atoms with van der Waals surface area (Å²) >= 11 is 4.83. The van der Waals surface area contributed by atoms with Crippen molar-refractivity contribution in [2.75, 3.05) is 23.3 Å². The average Bonchev–Trinajstić information content (AvgIpc) is 3.10. The third-order valence-electron chi connectivity index (χ3n) is 3.40. The van der Waals surface area contributed by atoms with Crippen molar-refractivity contribution in [3.8, 4) is 0 Å².